The largest absolute Gasteiger partial charge is 0.463 e. The van der Waals surface area contributed by atoms with E-state index in [1.165, 1.54) is 32.7 Å². The van der Waals surface area contributed by atoms with Gasteiger partial charge in [0.2, 0.25) is 0 Å². The zero-order chi connectivity index (χ0) is 29.0. The minimum absolute atomic E-state index is 0.781. The summed E-state index contributed by atoms with van der Waals surface area (Å²) >= 11 is 0. The summed E-state index contributed by atoms with van der Waals surface area (Å²) in [5, 5.41) is 12.6. The number of aromatic nitrogens is 2. The van der Waals surface area contributed by atoms with E-state index in [1.807, 2.05) is 12.1 Å². The minimum atomic E-state index is 0.781. The summed E-state index contributed by atoms with van der Waals surface area (Å²) in [6.45, 7) is 0. The van der Waals surface area contributed by atoms with E-state index in [2.05, 4.69) is 144 Å². The molecule has 3 aromatic heterocycles. The van der Waals surface area contributed by atoms with E-state index in [1.54, 1.807) is 6.26 Å². The monoisotopic (exact) mass is 562 g/mol. The van der Waals surface area contributed by atoms with E-state index in [4.69, 9.17) is 9.52 Å². The maximum atomic E-state index is 5.98. The fraction of sp³-hybridized carbons (Fsp3) is 0. The van der Waals surface area contributed by atoms with Crippen molar-refractivity contribution in [3.05, 3.63) is 158 Å². The molecule has 0 radical (unpaired) electrons. The SMILES string of the molecule is c1ccc(-c2c3ccccc3c(-c3nn4c(-c5ccco5)cc5ccccc5c4c3-c3ccccc3)c3ccccc23)cc1. The van der Waals surface area contributed by atoms with Crippen LogP contribution < -0.4 is 0 Å². The van der Waals surface area contributed by atoms with Crippen molar-refractivity contribution in [3.8, 4) is 45.0 Å². The summed E-state index contributed by atoms with van der Waals surface area (Å²) in [5.41, 5.74) is 8.75. The van der Waals surface area contributed by atoms with Gasteiger partial charge in [-0.3, -0.25) is 0 Å². The summed E-state index contributed by atoms with van der Waals surface area (Å²) in [6.07, 6.45) is 1.72. The highest BCUT2D eigenvalue weighted by Gasteiger charge is 2.25. The molecule has 0 amide bonds. The van der Waals surface area contributed by atoms with Gasteiger partial charge >= 0.3 is 0 Å². The molecule has 0 fully saturated rings. The molecule has 0 aliphatic rings. The van der Waals surface area contributed by atoms with Crippen LogP contribution in [-0.4, -0.2) is 9.61 Å². The zero-order valence-electron chi connectivity index (χ0n) is 23.8. The first-order valence-electron chi connectivity index (χ1n) is 14.9. The molecule has 0 saturated carbocycles. The van der Waals surface area contributed by atoms with E-state index < -0.39 is 0 Å². The third-order valence-corrected chi connectivity index (χ3v) is 8.69. The second-order valence-electron chi connectivity index (χ2n) is 11.2. The Bertz CT molecular complexity index is 2420. The highest BCUT2D eigenvalue weighted by atomic mass is 16.3. The van der Waals surface area contributed by atoms with Gasteiger partial charge in [-0.1, -0.05) is 133 Å². The Kier molecular flexibility index (Phi) is 5.50. The molecule has 9 rings (SSSR count). The molecule has 6 aromatic carbocycles. The van der Waals surface area contributed by atoms with Crippen LogP contribution in [0.2, 0.25) is 0 Å². The van der Waals surface area contributed by atoms with Gasteiger partial charge in [0.15, 0.2) is 5.76 Å². The van der Waals surface area contributed by atoms with Crippen LogP contribution in [0, 0.1) is 0 Å². The molecule has 0 bridgehead atoms. The molecule has 0 saturated heterocycles. The average Bonchev–Trinajstić information content (AvgIpc) is 3.77. The Morgan fingerprint density at radius 2 is 0.977 bits per heavy atom. The van der Waals surface area contributed by atoms with Crippen molar-refractivity contribution in [2.45, 2.75) is 0 Å². The average molecular weight is 563 g/mol. The predicted molar refractivity (Wildman–Crippen MR) is 182 cm³/mol. The van der Waals surface area contributed by atoms with Crippen molar-refractivity contribution in [1.29, 1.82) is 0 Å². The Morgan fingerprint density at radius 3 is 1.57 bits per heavy atom. The second-order valence-corrected chi connectivity index (χ2v) is 11.2. The van der Waals surface area contributed by atoms with Crippen molar-refractivity contribution < 1.29 is 4.42 Å². The smallest absolute Gasteiger partial charge is 0.152 e. The van der Waals surface area contributed by atoms with E-state index in [-0.39, 0.29) is 0 Å². The summed E-state index contributed by atoms with van der Waals surface area (Å²) in [7, 11) is 0. The lowest BCUT2D eigenvalue weighted by atomic mass is 9.86. The van der Waals surface area contributed by atoms with Crippen LogP contribution in [0.3, 0.4) is 0 Å². The molecule has 0 N–H and O–H groups in total. The molecule has 0 spiro atoms. The van der Waals surface area contributed by atoms with Gasteiger partial charge < -0.3 is 4.42 Å². The van der Waals surface area contributed by atoms with Gasteiger partial charge in [-0.05, 0) is 61.8 Å². The van der Waals surface area contributed by atoms with Crippen molar-refractivity contribution in [2.24, 2.45) is 0 Å². The van der Waals surface area contributed by atoms with Gasteiger partial charge in [0.1, 0.15) is 11.4 Å². The molecule has 9 aromatic rings. The number of fused-ring (bicyclic) bond motifs is 5. The lowest BCUT2D eigenvalue weighted by molar-refractivity contribution is 0.578. The molecule has 3 heteroatoms. The zero-order valence-corrected chi connectivity index (χ0v) is 23.8. The van der Waals surface area contributed by atoms with Crippen molar-refractivity contribution >= 4 is 37.8 Å². The highest BCUT2D eigenvalue weighted by molar-refractivity contribution is 6.23. The number of benzene rings is 6. The van der Waals surface area contributed by atoms with Crippen molar-refractivity contribution in [2.75, 3.05) is 0 Å². The van der Waals surface area contributed by atoms with Gasteiger partial charge in [0.25, 0.3) is 0 Å². The van der Waals surface area contributed by atoms with Gasteiger partial charge in [0.05, 0.1) is 11.8 Å². The molecule has 3 nitrogen and oxygen atoms in total. The van der Waals surface area contributed by atoms with Crippen LogP contribution >= 0.6 is 0 Å². The highest BCUT2D eigenvalue weighted by Crippen LogP contribution is 2.48. The standard InChI is InChI=1S/C41H26N2O/c1-3-14-27(15-4-1)37-31-20-9-11-22-33(31)39(34-23-12-10-21-32(34)37)40-38(28-16-5-2-6-17-28)41-30-19-8-7-18-29(30)26-35(43(41)42-40)36-24-13-25-44-36/h1-26H. The number of hydrogen-bond donors (Lipinski definition) is 0. The van der Waals surface area contributed by atoms with Crippen LogP contribution in [0.15, 0.2) is 162 Å². The lowest BCUT2D eigenvalue weighted by Crippen LogP contribution is -1.95. The Hall–Kier alpha value is -5.93. The van der Waals surface area contributed by atoms with Crippen LogP contribution in [0.25, 0.3) is 82.8 Å². The minimum Gasteiger partial charge on any atom is -0.463 e. The number of rotatable bonds is 4. The third-order valence-electron chi connectivity index (χ3n) is 8.69. The molecule has 3 heterocycles. The summed E-state index contributed by atoms with van der Waals surface area (Å²) in [6, 6.07) is 53.6. The number of nitrogens with zero attached hydrogens (tertiary/aromatic N) is 2. The Balaban J connectivity index is 1.52. The van der Waals surface area contributed by atoms with Crippen LogP contribution in [0.1, 0.15) is 0 Å². The quantitative estimate of drug-likeness (QED) is 0.200. The first-order chi connectivity index (χ1) is 21.9. The second kappa shape index (κ2) is 9.82. The fourth-order valence-corrected chi connectivity index (χ4v) is 6.84. The van der Waals surface area contributed by atoms with Crippen molar-refractivity contribution in [3.63, 3.8) is 0 Å². The number of furan rings is 1. The van der Waals surface area contributed by atoms with Crippen molar-refractivity contribution in [1.82, 2.24) is 9.61 Å². The molecular weight excluding hydrogens is 536 g/mol. The maximum absolute atomic E-state index is 5.98. The Morgan fingerprint density at radius 1 is 0.455 bits per heavy atom. The third kappa shape index (κ3) is 3.66. The lowest BCUT2D eigenvalue weighted by Gasteiger charge is -2.17. The molecule has 206 valence electrons. The van der Waals surface area contributed by atoms with E-state index in [9.17, 15) is 0 Å². The first-order valence-corrected chi connectivity index (χ1v) is 14.9. The van der Waals surface area contributed by atoms with Gasteiger partial charge in [0, 0.05) is 16.5 Å². The number of hydrogen-bond acceptors (Lipinski definition) is 2. The summed E-state index contributed by atoms with van der Waals surface area (Å²) in [4.78, 5) is 0. The van der Waals surface area contributed by atoms with Gasteiger partial charge in [-0.25, -0.2) is 4.52 Å². The van der Waals surface area contributed by atoms with Gasteiger partial charge in [-0.15, -0.1) is 0 Å². The molecular formula is C41H26N2O. The topological polar surface area (TPSA) is 30.4 Å². The summed E-state index contributed by atoms with van der Waals surface area (Å²) < 4.78 is 8.07. The normalized spacial score (nSPS) is 11.6. The van der Waals surface area contributed by atoms with Crippen LogP contribution in [-0.2, 0) is 0 Å². The molecule has 0 aliphatic heterocycles. The fourth-order valence-electron chi connectivity index (χ4n) is 6.84. The summed E-state index contributed by atoms with van der Waals surface area (Å²) in [5.74, 6) is 0.781. The van der Waals surface area contributed by atoms with E-state index in [0.717, 1.165) is 50.1 Å². The first kappa shape index (κ1) is 24.6. The molecule has 0 unspecified atom stereocenters. The maximum Gasteiger partial charge on any atom is 0.152 e. The van der Waals surface area contributed by atoms with Crippen LogP contribution in [0.5, 0.6) is 0 Å². The van der Waals surface area contributed by atoms with Gasteiger partial charge in [-0.2, -0.15) is 5.10 Å². The Labute approximate surface area is 254 Å². The molecule has 0 atom stereocenters. The number of pyridine rings is 1. The van der Waals surface area contributed by atoms with Crippen LogP contribution in [0.4, 0.5) is 0 Å². The predicted octanol–water partition coefficient (Wildman–Crippen LogP) is 11.1. The van der Waals surface area contributed by atoms with E-state index >= 15 is 0 Å². The molecule has 0 aliphatic carbocycles. The molecule has 44 heavy (non-hydrogen) atoms. The van der Waals surface area contributed by atoms with E-state index in [0.29, 0.717) is 0 Å².